The molecule has 31 heavy (non-hydrogen) atoms. The number of carbonyl (C=O) groups is 2. The van der Waals surface area contributed by atoms with Crippen molar-refractivity contribution in [2.24, 2.45) is 0 Å². The second kappa shape index (κ2) is 8.30. The van der Waals surface area contributed by atoms with Crippen LogP contribution in [0.2, 0.25) is 5.02 Å². The number of hydrogen-bond acceptors (Lipinski definition) is 6. The van der Waals surface area contributed by atoms with E-state index in [-0.39, 0.29) is 16.8 Å². The highest BCUT2D eigenvalue weighted by Crippen LogP contribution is 2.36. The number of fused-ring (bicyclic) bond motifs is 1. The minimum Gasteiger partial charge on any atom is -0.342 e. The third-order valence-corrected chi connectivity index (χ3v) is 5.88. The molecule has 3 aliphatic heterocycles. The Labute approximate surface area is 181 Å². The lowest BCUT2D eigenvalue weighted by molar-refractivity contribution is -0.137. The Morgan fingerprint density at radius 3 is 2.65 bits per heavy atom. The molecule has 0 aliphatic carbocycles. The lowest BCUT2D eigenvalue weighted by Crippen LogP contribution is -2.67. The first-order valence-corrected chi connectivity index (χ1v) is 10.2. The van der Waals surface area contributed by atoms with Gasteiger partial charge in [-0.25, -0.2) is 5.43 Å². The minimum atomic E-state index is -4.49. The number of hydrazine groups is 1. The summed E-state index contributed by atoms with van der Waals surface area (Å²) in [7, 11) is 0. The molecule has 3 aliphatic rings. The topological polar surface area (TPSA) is 80.0 Å². The molecule has 1 aromatic rings. The molecule has 2 unspecified atom stereocenters. The van der Waals surface area contributed by atoms with Gasteiger partial charge in [-0.3, -0.25) is 24.8 Å². The number of nitrogens with zero attached hydrogens (tertiary/aromatic N) is 3. The van der Waals surface area contributed by atoms with E-state index in [1.807, 2.05) is 4.90 Å². The van der Waals surface area contributed by atoms with Gasteiger partial charge in [-0.2, -0.15) is 13.2 Å². The van der Waals surface area contributed by atoms with Crippen molar-refractivity contribution in [3.63, 3.8) is 0 Å². The summed E-state index contributed by atoms with van der Waals surface area (Å²) in [6, 6.07) is 3.05. The van der Waals surface area contributed by atoms with Gasteiger partial charge >= 0.3 is 6.18 Å². The molecular formula is C19H22ClF3N6O2. The van der Waals surface area contributed by atoms with Gasteiger partial charge in [-0.15, -0.1) is 0 Å². The summed E-state index contributed by atoms with van der Waals surface area (Å²) in [5, 5.41) is 7.54. The van der Waals surface area contributed by atoms with Gasteiger partial charge < -0.3 is 10.2 Å². The van der Waals surface area contributed by atoms with Crippen molar-refractivity contribution >= 4 is 29.1 Å². The van der Waals surface area contributed by atoms with Crippen molar-refractivity contribution in [2.75, 3.05) is 31.2 Å². The van der Waals surface area contributed by atoms with Crippen LogP contribution in [0.3, 0.4) is 0 Å². The molecule has 2 atom stereocenters. The standard InChI is InChI=1S/C19H22ClF3N6O2/c1-11(30)27-5-2-6-28(8-7-27)18-24-16-13(17(31)25-18)10-29(26-16)15-4-3-12(9-14(15)20)19(21,22)23/h3-4,9-10,16,18,24,26H,2,5-8H2,1H3,(H,25,31). The number of benzene rings is 1. The zero-order valence-electron chi connectivity index (χ0n) is 16.7. The van der Waals surface area contributed by atoms with Gasteiger partial charge in [0, 0.05) is 39.3 Å². The Kier molecular flexibility index (Phi) is 5.86. The Hall–Kier alpha value is -2.34. The molecule has 0 saturated carbocycles. The molecule has 0 radical (unpaired) electrons. The van der Waals surface area contributed by atoms with Crippen LogP contribution in [0.25, 0.3) is 0 Å². The van der Waals surface area contributed by atoms with Crippen LogP contribution in [0.15, 0.2) is 30.0 Å². The molecule has 8 nitrogen and oxygen atoms in total. The molecule has 2 fully saturated rings. The van der Waals surface area contributed by atoms with E-state index in [4.69, 9.17) is 11.6 Å². The molecule has 1 aromatic carbocycles. The van der Waals surface area contributed by atoms with Crippen LogP contribution in [-0.4, -0.2) is 60.2 Å². The molecule has 168 valence electrons. The van der Waals surface area contributed by atoms with Gasteiger partial charge in [0.2, 0.25) is 5.91 Å². The number of hydrogen-bond donors (Lipinski definition) is 3. The molecule has 12 heteroatoms. The van der Waals surface area contributed by atoms with Crippen molar-refractivity contribution in [2.45, 2.75) is 32.0 Å². The quantitative estimate of drug-likeness (QED) is 0.622. The third kappa shape index (κ3) is 4.49. The number of anilines is 1. The van der Waals surface area contributed by atoms with Crippen LogP contribution in [0.4, 0.5) is 18.9 Å². The largest absolute Gasteiger partial charge is 0.416 e. The molecule has 0 spiro atoms. The summed E-state index contributed by atoms with van der Waals surface area (Å²) in [6.07, 6.45) is -3.19. The summed E-state index contributed by atoms with van der Waals surface area (Å²) in [6.45, 7) is 4.06. The van der Waals surface area contributed by atoms with Crippen LogP contribution in [0.5, 0.6) is 0 Å². The highest BCUT2D eigenvalue weighted by molar-refractivity contribution is 6.33. The van der Waals surface area contributed by atoms with Gasteiger partial charge in [-0.05, 0) is 24.6 Å². The van der Waals surface area contributed by atoms with E-state index in [1.54, 1.807) is 4.90 Å². The number of carbonyl (C=O) groups excluding carboxylic acids is 2. The first-order valence-electron chi connectivity index (χ1n) is 9.84. The number of rotatable bonds is 2. The lowest BCUT2D eigenvalue weighted by Gasteiger charge is -2.38. The van der Waals surface area contributed by atoms with E-state index in [0.29, 0.717) is 37.4 Å². The highest BCUT2D eigenvalue weighted by atomic mass is 35.5. The van der Waals surface area contributed by atoms with Crippen LogP contribution >= 0.6 is 11.6 Å². The van der Waals surface area contributed by atoms with E-state index >= 15 is 0 Å². The molecule has 4 rings (SSSR count). The average molecular weight is 459 g/mol. The predicted molar refractivity (Wildman–Crippen MR) is 107 cm³/mol. The minimum absolute atomic E-state index is 0.0224. The molecule has 3 N–H and O–H groups in total. The predicted octanol–water partition coefficient (Wildman–Crippen LogP) is 1.45. The van der Waals surface area contributed by atoms with E-state index in [2.05, 4.69) is 16.1 Å². The fraction of sp³-hybridized carbons (Fsp3) is 0.474. The van der Waals surface area contributed by atoms with E-state index in [1.165, 1.54) is 24.2 Å². The van der Waals surface area contributed by atoms with Gasteiger partial charge in [-0.1, -0.05) is 11.6 Å². The smallest absolute Gasteiger partial charge is 0.342 e. The number of halogens is 4. The summed E-state index contributed by atoms with van der Waals surface area (Å²) in [5.41, 5.74) is 2.91. The summed E-state index contributed by atoms with van der Waals surface area (Å²) >= 11 is 6.08. The Morgan fingerprint density at radius 1 is 1.19 bits per heavy atom. The summed E-state index contributed by atoms with van der Waals surface area (Å²) in [5.74, 6) is -0.270. The zero-order valence-corrected chi connectivity index (χ0v) is 17.4. The van der Waals surface area contributed by atoms with Crippen LogP contribution in [-0.2, 0) is 15.8 Å². The Bertz CT molecular complexity index is 924. The van der Waals surface area contributed by atoms with Gasteiger partial charge in [0.25, 0.3) is 5.91 Å². The first kappa shape index (κ1) is 21.9. The summed E-state index contributed by atoms with van der Waals surface area (Å²) in [4.78, 5) is 28.1. The lowest BCUT2D eigenvalue weighted by atomic mass is 10.1. The van der Waals surface area contributed by atoms with Crippen LogP contribution in [0.1, 0.15) is 18.9 Å². The number of nitrogens with one attached hydrogen (secondary N) is 3. The van der Waals surface area contributed by atoms with Crippen molar-refractivity contribution < 1.29 is 22.8 Å². The maximum atomic E-state index is 12.9. The van der Waals surface area contributed by atoms with Crippen LogP contribution in [0, 0.1) is 0 Å². The molecule has 0 aromatic heterocycles. The second-order valence-corrected chi connectivity index (χ2v) is 8.03. The molecule has 0 bridgehead atoms. The maximum absolute atomic E-state index is 12.9. The van der Waals surface area contributed by atoms with Gasteiger partial charge in [0.15, 0.2) is 0 Å². The third-order valence-electron chi connectivity index (χ3n) is 5.58. The van der Waals surface area contributed by atoms with E-state index in [0.717, 1.165) is 18.6 Å². The highest BCUT2D eigenvalue weighted by Gasteiger charge is 2.39. The SMILES string of the molecule is CC(=O)N1CCCN(C2NC(=O)C3=CN(c4ccc(C(F)(F)F)cc4Cl)NC3N2)CC1. The summed E-state index contributed by atoms with van der Waals surface area (Å²) < 4.78 is 38.7. The van der Waals surface area contributed by atoms with Gasteiger partial charge in [0.05, 0.1) is 21.8 Å². The van der Waals surface area contributed by atoms with Gasteiger partial charge in [0.1, 0.15) is 12.5 Å². The molecule has 3 heterocycles. The van der Waals surface area contributed by atoms with Crippen molar-refractivity contribution in [1.29, 1.82) is 0 Å². The van der Waals surface area contributed by atoms with E-state index < -0.39 is 24.2 Å². The van der Waals surface area contributed by atoms with Crippen molar-refractivity contribution in [3.05, 3.63) is 40.6 Å². The average Bonchev–Trinajstić information content (AvgIpc) is 2.96. The van der Waals surface area contributed by atoms with E-state index in [9.17, 15) is 22.8 Å². The fourth-order valence-electron chi connectivity index (χ4n) is 3.91. The Morgan fingerprint density at radius 2 is 1.97 bits per heavy atom. The second-order valence-electron chi connectivity index (χ2n) is 7.62. The monoisotopic (exact) mass is 458 g/mol. The van der Waals surface area contributed by atoms with Crippen molar-refractivity contribution in [1.82, 2.24) is 25.9 Å². The molecule has 2 saturated heterocycles. The fourth-order valence-corrected chi connectivity index (χ4v) is 4.18. The molecular weight excluding hydrogens is 437 g/mol. The number of alkyl halides is 3. The zero-order chi connectivity index (χ0) is 22.3. The van der Waals surface area contributed by atoms with Crippen molar-refractivity contribution in [3.8, 4) is 0 Å². The first-order chi connectivity index (χ1) is 14.6. The Balaban J connectivity index is 1.46. The number of amides is 2. The normalized spacial score (nSPS) is 25.1. The molecule has 2 amide bonds. The van der Waals surface area contributed by atoms with Crippen LogP contribution < -0.4 is 21.1 Å². The maximum Gasteiger partial charge on any atom is 0.416 e.